The van der Waals surface area contributed by atoms with Gasteiger partial charge < -0.3 is 14.6 Å². The number of likely N-dealkylation sites (N-methyl/N-ethyl adjacent to an activating group) is 1. The average Bonchev–Trinajstić information content (AvgIpc) is 2.45. The number of hydrogen-bond acceptors (Lipinski definition) is 2. The minimum atomic E-state index is -0.877. The second-order valence-corrected chi connectivity index (χ2v) is 5.93. The fraction of sp³-hybridized carbons (Fsp3) is 0.545. The number of rotatable bonds is 4. The summed E-state index contributed by atoms with van der Waals surface area (Å²) >= 11 is 2.13. The van der Waals surface area contributed by atoms with Crippen LogP contribution in [0.1, 0.15) is 24.3 Å². The summed E-state index contributed by atoms with van der Waals surface area (Å²) in [6.07, 6.45) is 1.87. The van der Waals surface area contributed by atoms with Crippen molar-refractivity contribution in [2.45, 2.75) is 25.9 Å². The first-order valence-corrected chi connectivity index (χ1v) is 6.08. The van der Waals surface area contributed by atoms with E-state index in [2.05, 4.69) is 41.3 Å². The molecule has 1 aromatic rings. The molecule has 0 aliphatic rings. The Bertz CT molecular complexity index is 397. The van der Waals surface area contributed by atoms with Crippen molar-refractivity contribution >= 4 is 28.6 Å². The van der Waals surface area contributed by atoms with Crippen LogP contribution in [0.2, 0.25) is 0 Å². The summed E-state index contributed by atoms with van der Waals surface area (Å²) in [6, 6.07) is 1.69. The van der Waals surface area contributed by atoms with Crippen molar-refractivity contribution in [3.63, 3.8) is 0 Å². The number of carboxylic acids is 1. The van der Waals surface area contributed by atoms with Crippen molar-refractivity contribution in [2.24, 2.45) is 0 Å². The van der Waals surface area contributed by atoms with Crippen LogP contribution in [0.3, 0.4) is 0 Å². The van der Waals surface area contributed by atoms with Crippen molar-refractivity contribution in [2.75, 3.05) is 14.1 Å². The molecular formula is C11H17IN2O2. The topological polar surface area (TPSA) is 45.5 Å². The lowest BCUT2D eigenvalue weighted by molar-refractivity contribution is 0.0679. The van der Waals surface area contributed by atoms with Crippen LogP contribution in [-0.4, -0.2) is 40.2 Å². The molecule has 5 heteroatoms. The SMILES string of the molecule is CN(C)C(C)(C)Cn1cc(I)cc1C(=O)O. The van der Waals surface area contributed by atoms with E-state index in [4.69, 9.17) is 5.11 Å². The summed E-state index contributed by atoms with van der Waals surface area (Å²) in [5.74, 6) is -0.877. The number of halogens is 1. The highest BCUT2D eigenvalue weighted by Crippen LogP contribution is 2.18. The molecule has 0 saturated carbocycles. The van der Waals surface area contributed by atoms with Crippen LogP contribution in [0.5, 0.6) is 0 Å². The minimum absolute atomic E-state index is 0.0771. The van der Waals surface area contributed by atoms with E-state index in [-0.39, 0.29) is 5.54 Å². The highest BCUT2D eigenvalue weighted by Gasteiger charge is 2.23. The molecule has 1 N–H and O–H groups in total. The Labute approximate surface area is 109 Å². The van der Waals surface area contributed by atoms with Gasteiger partial charge >= 0.3 is 5.97 Å². The maximum absolute atomic E-state index is 11.1. The van der Waals surface area contributed by atoms with Crippen molar-refractivity contribution in [3.05, 3.63) is 21.5 Å². The van der Waals surface area contributed by atoms with Crippen LogP contribution in [0.4, 0.5) is 0 Å². The first-order valence-electron chi connectivity index (χ1n) is 5.00. The minimum Gasteiger partial charge on any atom is -0.477 e. The summed E-state index contributed by atoms with van der Waals surface area (Å²) in [6.45, 7) is 4.83. The molecule has 0 radical (unpaired) electrons. The molecule has 0 saturated heterocycles. The third kappa shape index (κ3) is 2.98. The maximum atomic E-state index is 11.1. The highest BCUT2D eigenvalue weighted by atomic mass is 127. The summed E-state index contributed by atoms with van der Waals surface area (Å²) in [4.78, 5) is 13.1. The Morgan fingerprint density at radius 1 is 1.56 bits per heavy atom. The molecule has 1 aromatic heterocycles. The molecule has 0 bridgehead atoms. The van der Waals surface area contributed by atoms with Gasteiger partial charge in [0.25, 0.3) is 0 Å². The monoisotopic (exact) mass is 336 g/mol. The zero-order valence-corrected chi connectivity index (χ0v) is 12.1. The number of carboxylic acid groups (broad SMARTS) is 1. The molecule has 0 aromatic carbocycles. The molecule has 1 heterocycles. The summed E-state index contributed by atoms with van der Waals surface area (Å²) in [5.41, 5.74) is 0.270. The van der Waals surface area contributed by atoms with Crippen molar-refractivity contribution in [1.82, 2.24) is 9.47 Å². The number of nitrogens with zero attached hydrogens (tertiary/aromatic N) is 2. The van der Waals surface area contributed by atoms with E-state index in [1.165, 1.54) is 0 Å². The van der Waals surface area contributed by atoms with Gasteiger partial charge in [0.15, 0.2) is 0 Å². The molecule has 0 aliphatic heterocycles. The molecule has 0 fully saturated rings. The molecule has 1 rings (SSSR count). The second kappa shape index (κ2) is 4.75. The lowest BCUT2D eigenvalue weighted by Gasteiger charge is -2.33. The predicted molar refractivity (Wildman–Crippen MR) is 71.9 cm³/mol. The Morgan fingerprint density at radius 3 is 2.56 bits per heavy atom. The zero-order valence-electron chi connectivity index (χ0n) is 9.99. The van der Waals surface area contributed by atoms with Gasteiger partial charge in [0.05, 0.1) is 0 Å². The lowest BCUT2D eigenvalue weighted by atomic mass is 10.0. The number of aromatic carboxylic acids is 1. The quantitative estimate of drug-likeness (QED) is 0.857. The summed E-state index contributed by atoms with van der Waals surface area (Å²) in [7, 11) is 3.99. The number of hydrogen-bond donors (Lipinski definition) is 1. The molecule has 0 amide bonds. The van der Waals surface area contributed by atoms with Gasteiger partial charge in [0.2, 0.25) is 0 Å². The van der Waals surface area contributed by atoms with Gasteiger partial charge in [-0.1, -0.05) is 0 Å². The van der Waals surface area contributed by atoms with Gasteiger partial charge in [0.1, 0.15) is 5.69 Å². The maximum Gasteiger partial charge on any atom is 0.352 e. The molecule has 0 unspecified atom stereocenters. The third-order valence-electron chi connectivity index (χ3n) is 2.85. The fourth-order valence-corrected chi connectivity index (χ4v) is 1.97. The Balaban J connectivity index is 3.01. The fourth-order valence-electron chi connectivity index (χ4n) is 1.34. The van der Waals surface area contributed by atoms with Crippen LogP contribution >= 0.6 is 22.6 Å². The van der Waals surface area contributed by atoms with Crippen LogP contribution in [-0.2, 0) is 6.54 Å². The molecule has 16 heavy (non-hydrogen) atoms. The smallest absolute Gasteiger partial charge is 0.352 e. The van der Waals surface area contributed by atoms with E-state index in [1.54, 1.807) is 10.6 Å². The van der Waals surface area contributed by atoms with E-state index in [0.717, 1.165) is 3.57 Å². The van der Waals surface area contributed by atoms with E-state index in [1.807, 2.05) is 20.3 Å². The standard InChI is InChI=1S/C11H17IN2O2/c1-11(2,13(3)4)7-14-6-8(12)5-9(14)10(15)16/h5-6H,7H2,1-4H3,(H,15,16). The lowest BCUT2D eigenvalue weighted by Crippen LogP contribution is -2.42. The van der Waals surface area contributed by atoms with Crippen LogP contribution in [0.25, 0.3) is 0 Å². The van der Waals surface area contributed by atoms with E-state index >= 15 is 0 Å². The molecule has 0 aliphatic carbocycles. The third-order valence-corrected chi connectivity index (χ3v) is 3.44. The van der Waals surface area contributed by atoms with E-state index < -0.39 is 5.97 Å². The van der Waals surface area contributed by atoms with Gasteiger partial charge in [-0.2, -0.15) is 0 Å². The van der Waals surface area contributed by atoms with Gasteiger partial charge in [-0.15, -0.1) is 0 Å². The van der Waals surface area contributed by atoms with E-state index in [9.17, 15) is 4.79 Å². The van der Waals surface area contributed by atoms with Crippen LogP contribution in [0.15, 0.2) is 12.3 Å². The van der Waals surface area contributed by atoms with E-state index in [0.29, 0.717) is 12.2 Å². The Morgan fingerprint density at radius 2 is 2.12 bits per heavy atom. The molecular weight excluding hydrogens is 319 g/mol. The largest absolute Gasteiger partial charge is 0.477 e. The van der Waals surface area contributed by atoms with Crippen LogP contribution in [0, 0.1) is 3.57 Å². The predicted octanol–water partition coefficient (Wildman–Crippen LogP) is 2.13. The average molecular weight is 336 g/mol. The molecule has 0 atom stereocenters. The van der Waals surface area contributed by atoms with Crippen LogP contribution < -0.4 is 0 Å². The Kier molecular flexibility index (Phi) is 4.01. The van der Waals surface area contributed by atoms with Gasteiger partial charge in [-0.25, -0.2) is 4.79 Å². The first kappa shape index (κ1) is 13.5. The number of aromatic nitrogens is 1. The Hall–Kier alpha value is -0.560. The van der Waals surface area contributed by atoms with Gasteiger partial charge in [-0.05, 0) is 56.6 Å². The second-order valence-electron chi connectivity index (χ2n) is 4.68. The zero-order chi connectivity index (χ0) is 12.5. The highest BCUT2D eigenvalue weighted by molar-refractivity contribution is 14.1. The van der Waals surface area contributed by atoms with Crippen molar-refractivity contribution < 1.29 is 9.90 Å². The van der Waals surface area contributed by atoms with Crippen molar-refractivity contribution in [1.29, 1.82) is 0 Å². The summed E-state index contributed by atoms with van der Waals surface area (Å²) < 4.78 is 2.74. The van der Waals surface area contributed by atoms with Crippen molar-refractivity contribution in [3.8, 4) is 0 Å². The molecule has 0 spiro atoms. The summed E-state index contributed by atoms with van der Waals surface area (Å²) in [5, 5.41) is 9.08. The van der Waals surface area contributed by atoms with Gasteiger partial charge in [-0.3, -0.25) is 0 Å². The normalized spacial score (nSPS) is 12.1. The van der Waals surface area contributed by atoms with Gasteiger partial charge in [0, 0.05) is 21.9 Å². The molecule has 90 valence electrons. The first-order chi connectivity index (χ1) is 7.24. The molecule has 4 nitrogen and oxygen atoms in total. The number of carbonyl (C=O) groups is 1.